The number of carbonyl (C=O) groups is 2. The van der Waals surface area contributed by atoms with Crippen LogP contribution in [0.1, 0.15) is 20.8 Å². The number of carbonyl (C=O) groups excluding carboxylic acids is 1. The number of urea groups is 1. The van der Waals surface area contributed by atoms with E-state index in [1.807, 2.05) is 6.07 Å². The van der Waals surface area contributed by atoms with Gasteiger partial charge in [0, 0.05) is 12.2 Å². The van der Waals surface area contributed by atoms with Crippen molar-refractivity contribution in [2.24, 2.45) is 11.8 Å². The van der Waals surface area contributed by atoms with Gasteiger partial charge in [0.15, 0.2) is 0 Å². The summed E-state index contributed by atoms with van der Waals surface area (Å²) in [4.78, 5) is 24.3. The third-order valence-electron chi connectivity index (χ3n) is 3.32. The zero-order valence-corrected chi connectivity index (χ0v) is 12.2. The highest BCUT2D eigenvalue weighted by atomic mass is 16.4. The lowest BCUT2D eigenvalue weighted by atomic mass is 9.98. The normalized spacial score (nSPS) is 12.0. The van der Waals surface area contributed by atoms with Crippen LogP contribution in [-0.2, 0) is 4.79 Å². The maximum absolute atomic E-state index is 12.2. The first-order valence-corrected chi connectivity index (χ1v) is 6.74. The molecule has 0 fully saturated rings. The first kappa shape index (κ1) is 16.0. The van der Waals surface area contributed by atoms with E-state index in [2.05, 4.69) is 26.1 Å². The van der Waals surface area contributed by atoms with E-state index in [4.69, 9.17) is 5.11 Å². The fourth-order valence-electron chi connectivity index (χ4n) is 1.60. The number of nitrogens with zero attached hydrogens (tertiary/aromatic N) is 1. The van der Waals surface area contributed by atoms with E-state index >= 15 is 0 Å². The van der Waals surface area contributed by atoms with E-state index < -0.39 is 5.97 Å². The largest absolute Gasteiger partial charge is 0.480 e. The highest BCUT2D eigenvalue weighted by molar-refractivity contribution is 5.96. The van der Waals surface area contributed by atoms with Crippen molar-refractivity contribution in [2.75, 3.05) is 18.0 Å². The monoisotopic (exact) mass is 278 g/mol. The molecule has 2 amide bonds. The summed E-state index contributed by atoms with van der Waals surface area (Å²) < 4.78 is 0. The van der Waals surface area contributed by atoms with Gasteiger partial charge in [-0.3, -0.25) is 9.69 Å². The Hall–Kier alpha value is -2.04. The number of amides is 2. The Morgan fingerprint density at radius 3 is 2.30 bits per heavy atom. The smallest absolute Gasteiger partial charge is 0.323 e. The van der Waals surface area contributed by atoms with Crippen molar-refractivity contribution >= 4 is 17.7 Å². The highest BCUT2D eigenvalue weighted by Crippen LogP contribution is 2.14. The topological polar surface area (TPSA) is 69.6 Å². The zero-order valence-electron chi connectivity index (χ0n) is 12.2. The number of para-hydroxylation sites is 1. The van der Waals surface area contributed by atoms with E-state index in [-0.39, 0.29) is 12.6 Å². The van der Waals surface area contributed by atoms with Crippen molar-refractivity contribution in [3.05, 3.63) is 30.3 Å². The minimum atomic E-state index is -1.04. The third-order valence-corrected chi connectivity index (χ3v) is 3.32. The molecule has 0 aliphatic carbocycles. The summed E-state index contributed by atoms with van der Waals surface area (Å²) in [6.07, 6.45) is 0. The van der Waals surface area contributed by atoms with Crippen LogP contribution in [0, 0.1) is 11.8 Å². The second kappa shape index (κ2) is 7.53. The van der Waals surface area contributed by atoms with Gasteiger partial charge in [0.2, 0.25) is 0 Å². The lowest BCUT2D eigenvalue weighted by molar-refractivity contribution is -0.135. The van der Waals surface area contributed by atoms with Gasteiger partial charge in [-0.05, 0) is 24.0 Å². The molecule has 5 heteroatoms. The van der Waals surface area contributed by atoms with Gasteiger partial charge in [0.05, 0.1) is 0 Å². The Morgan fingerprint density at radius 1 is 1.20 bits per heavy atom. The van der Waals surface area contributed by atoms with E-state index in [0.29, 0.717) is 24.1 Å². The molecule has 2 N–H and O–H groups in total. The van der Waals surface area contributed by atoms with Crippen LogP contribution >= 0.6 is 0 Å². The fraction of sp³-hybridized carbons (Fsp3) is 0.467. The van der Waals surface area contributed by atoms with Crippen LogP contribution in [0.25, 0.3) is 0 Å². The molecule has 110 valence electrons. The first-order valence-electron chi connectivity index (χ1n) is 6.74. The van der Waals surface area contributed by atoms with Crippen molar-refractivity contribution < 1.29 is 14.7 Å². The van der Waals surface area contributed by atoms with Crippen molar-refractivity contribution in [2.45, 2.75) is 20.8 Å². The molecule has 1 rings (SSSR count). The molecule has 0 saturated carbocycles. The van der Waals surface area contributed by atoms with Crippen LogP contribution in [0.5, 0.6) is 0 Å². The van der Waals surface area contributed by atoms with E-state index in [9.17, 15) is 9.59 Å². The van der Waals surface area contributed by atoms with Gasteiger partial charge >= 0.3 is 12.0 Å². The Labute approximate surface area is 119 Å². The van der Waals surface area contributed by atoms with E-state index in [1.165, 1.54) is 4.90 Å². The molecule has 1 atom stereocenters. The highest BCUT2D eigenvalue weighted by Gasteiger charge is 2.19. The minimum absolute atomic E-state index is 0.335. The number of hydrogen-bond donors (Lipinski definition) is 2. The van der Waals surface area contributed by atoms with Crippen molar-refractivity contribution in [1.29, 1.82) is 0 Å². The molecule has 0 aliphatic heterocycles. The van der Waals surface area contributed by atoms with Gasteiger partial charge in [-0.15, -0.1) is 0 Å². The lowest BCUT2D eigenvalue weighted by Crippen LogP contribution is -2.44. The molecule has 0 radical (unpaired) electrons. The SMILES string of the molecule is CC(C)C(C)CNC(=O)N(CC(=O)O)c1ccccc1. The fourth-order valence-corrected chi connectivity index (χ4v) is 1.60. The van der Waals surface area contributed by atoms with Crippen molar-refractivity contribution in [1.82, 2.24) is 5.32 Å². The van der Waals surface area contributed by atoms with E-state index in [1.54, 1.807) is 24.3 Å². The second-order valence-corrected chi connectivity index (χ2v) is 5.22. The Kier molecular flexibility index (Phi) is 6.03. The van der Waals surface area contributed by atoms with Crippen LogP contribution in [0.4, 0.5) is 10.5 Å². The minimum Gasteiger partial charge on any atom is -0.480 e. The van der Waals surface area contributed by atoms with E-state index in [0.717, 1.165) is 0 Å². The Balaban J connectivity index is 2.73. The molecule has 0 bridgehead atoms. The molecule has 1 aromatic carbocycles. The summed E-state index contributed by atoms with van der Waals surface area (Å²) in [6, 6.07) is 8.41. The van der Waals surface area contributed by atoms with Crippen LogP contribution in [0.3, 0.4) is 0 Å². The second-order valence-electron chi connectivity index (χ2n) is 5.22. The average molecular weight is 278 g/mol. The standard InChI is InChI=1S/C15H22N2O3/c1-11(2)12(3)9-16-15(20)17(10-14(18)19)13-7-5-4-6-8-13/h4-8,11-12H,9-10H2,1-3H3,(H,16,20)(H,18,19). The Morgan fingerprint density at radius 2 is 1.80 bits per heavy atom. The maximum atomic E-state index is 12.2. The number of anilines is 1. The predicted molar refractivity (Wildman–Crippen MR) is 78.8 cm³/mol. The zero-order chi connectivity index (χ0) is 15.1. The van der Waals surface area contributed by atoms with Gasteiger partial charge in [-0.1, -0.05) is 39.0 Å². The lowest BCUT2D eigenvalue weighted by Gasteiger charge is -2.23. The van der Waals surface area contributed by atoms with Crippen molar-refractivity contribution in [3.8, 4) is 0 Å². The molecule has 0 aliphatic rings. The van der Waals surface area contributed by atoms with Crippen molar-refractivity contribution in [3.63, 3.8) is 0 Å². The van der Waals surface area contributed by atoms with Gasteiger partial charge < -0.3 is 10.4 Å². The average Bonchev–Trinajstić information content (AvgIpc) is 2.42. The van der Waals surface area contributed by atoms with Gasteiger partial charge in [0.1, 0.15) is 6.54 Å². The number of carboxylic acids is 1. The predicted octanol–water partition coefficient (Wildman–Crippen LogP) is 2.58. The number of aliphatic carboxylic acids is 1. The van der Waals surface area contributed by atoms with Gasteiger partial charge in [-0.2, -0.15) is 0 Å². The number of benzene rings is 1. The summed E-state index contributed by atoms with van der Waals surface area (Å²) in [5, 5.41) is 11.7. The molecule has 0 heterocycles. The Bertz CT molecular complexity index is 446. The number of carboxylic acid groups (broad SMARTS) is 1. The summed E-state index contributed by atoms with van der Waals surface area (Å²) >= 11 is 0. The molecular formula is C15H22N2O3. The van der Waals surface area contributed by atoms with Gasteiger partial charge in [0.25, 0.3) is 0 Å². The summed E-state index contributed by atoms with van der Waals surface area (Å²) in [5.41, 5.74) is 0.574. The van der Waals surface area contributed by atoms with Crippen LogP contribution in [-0.4, -0.2) is 30.2 Å². The molecule has 0 saturated heterocycles. The molecule has 1 unspecified atom stereocenters. The number of rotatable bonds is 6. The van der Waals surface area contributed by atoms with Crippen LogP contribution in [0.2, 0.25) is 0 Å². The number of nitrogens with one attached hydrogen (secondary N) is 1. The summed E-state index contributed by atoms with van der Waals surface area (Å²) in [5.74, 6) is -0.248. The molecule has 1 aromatic rings. The summed E-state index contributed by atoms with van der Waals surface area (Å²) in [7, 11) is 0. The first-order chi connectivity index (χ1) is 9.41. The molecule has 5 nitrogen and oxygen atoms in total. The number of hydrogen-bond acceptors (Lipinski definition) is 2. The molecular weight excluding hydrogens is 256 g/mol. The molecule has 0 spiro atoms. The van der Waals surface area contributed by atoms with Gasteiger partial charge in [-0.25, -0.2) is 4.79 Å². The quantitative estimate of drug-likeness (QED) is 0.840. The van der Waals surface area contributed by atoms with Crippen LogP contribution < -0.4 is 10.2 Å². The van der Waals surface area contributed by atoms with Crippen LogP contribution in [0.15, 0.2) is 30.3 Å². The molecule has 0 aromatic heterocycles. The summed E-state index contributed by atoms with van der Waals surface area (Å²) in [6.45, 7) is 6.40. The maximum Gasteiger partial charge on any atom is 0.323 e. The molecule has 20 heavy (non-hydrogen) atoms. The third kappa shape index (κ3) is 4.91.